The first-order valence-corrected chi connectivity index (χ1v) is 10.5. The number of carbonyl (C=O) groups is 2. The van der Waals surface area contributed by atoms with Crippen molar-refractivity contribution in [3.05, 3.63) is 62.5 Å². The summed E-state index contributed by atoms with van der Waals surface area (Å²) in [5.74, 6) is 0.0572. The van der Waals surface area contributed by atoms with Crippen LogP contribution in [0.2, 0.25) is 0 Å². The fourth-order valence-electron chi connectivity index (χ4n) is 3.42. The van der Waals surface area contributed by atoms with E-state index < -0.39 is 0 Å². The number of aryl methyl sites for hydroxylation is 2. The van der Waals surface area contributed by atoms with Crippen molar-refractivity contribution in [3.8, 4) is 10.9 Å². The summed E-state index contributed by atoms with van der Waals surface area (Å²) in [7, 11) is 0. The molecule has 0 unspecified atom stereocenters. The molecule has 5 nitrogen and oxygen atoms in total. The summed E-state index contributed by atoms with van der Waals surface area (Å²) in [6.07, 6.45) is 4.18. The molecular weight excluding hydrogens is 392 g/mol. The minimum absolute atomic E-state index is 0.201. The van der Waals surface area contributed by atoms with Crippen LogP contribution in [0.15, 0.2) is 39.8 Å². The third-order valence-electron chi connectivity index (χ3n) is 4.85. The number of thiazole rings is 1. The highest BCUT2D eigenvalue weighted by atomic mass is 32.1. The molecule has 28 heavy (non-hydrogen) atoms. The van der Waals surface area contributed by atoms with Crippen molar-refractivity contribution in [2.75, 3.05) is 0 Å². The Labute approximate surface area is 168 Å². The van der Waals surface area contributed by atoms with Gasteiger partial charge in [-0.3, -0.25) is 9.59 Å². The molecule has 0 spiro atoms. The number of Topliss-reactive ketones (excluding diaryl/α,β-unsaturated/α-hetero) is 2. The van der Waals surface area contributed by atoms with Gasteiger partial charge in [0.1, 0.15) is 0 Å². The molecule has 3 aromatic heterocycles. The van der Waals surface area contributed by atoms with Crippen LogP contribution in [-0.2, 0) is 6.42 Å². The average Bonchev–Trinajstić information content (AvgIpc) is 3.43. The number of fused-ring (bicyclic) bond motifs is 2. The summed E-state index contributed by atoms with van der Waals surface area (Å²) in [6.45, 7) is 4.01. The van der Waals surface area contributed by atoms with Crippen molar-refractivity contribution in [1.82, 2.24) is 9.97 Å². The second kappa shape index (κ2) is 6.32. The smallest absolute Gasteiger partial charge is 0.257 e. The van der Waals surface area contributed by atoms with Gasteiger partial charge < -0.3 is 4.42 Å². The maximum atomic E-state index is 12.8. The van der Waals surface area contributed by atoms with Crippen LogP contribution >= 0.6 is 22.7 Å². The van der Waals surface area contributed by atoms with Crippen molar-refractivity contribution in [2.24, 2.45) is 0 Å². The maximum absolute atomic E-state index is 12.8. The number of hydrogen-bond acceptors (Lipinski definition) is 7. The zero-order valence-electron chi connectivity index (χ0n) is 15.1. The van der Waals surface area contributed by atoms with Crippen molar-refractivity contribution >= 4 is 50.7 Å². The fourth-order valence-corrected chi connectivity index (χ4v) is 4.88. The molecule has 0 fully saturated rings. The Balaban J connectivity index is 1.53. The van der Waals surface area contributed by atoms with Gasteiger partial charge in [-0.15, -0.1) is 22.7 Å². The normalized spacial score (nSPS) is 15.1. The summed E-state index contributed by atoms with van der Waals surface area (Å²) >= 11 is 2.85. The van der Waals surface area contributed by atoms with E-state index in [2.05, 4.69) is 9.97 Å². The Morgan fingerprint density at radius 3 is 2.61 bits per heavy atom. The second-order valence-electron chi connectivity index (χ2n) is 6.57. The minimum atomic E-state index is -0.216. The molecule has 5 rings (SSSR count). The molecule has 0 aliphatic heterocycles. The van der Waals surface area contributed by atoms with Gasteiger partial charge in [-0.2, -0.15) is 4.98 Å². The lowest BCUT2D eigenvalue weighted by Gasteiger charge is -2.04. The number of allylic oxidation sites excluding steroid dienone is 1. The summed E-state index contributed by atoms with van der Waals surface area (Å²) in [6, 6.07) is 5.49. The number of thiophene rings is 1. The maximum Gasteiger partial charge on any atom is 0.257 e. The Kier molecular flexibility index (Phi) is 3.89. The molecule has 0 bridgehead atoms. The molecule has 1 aliphatic carbocycles. The third-order valence-corrected chi connectivity index (χ3v) is 6.56. The topological polar surface area (TPSA) is 73.1 Å². The molecule has 1 aromatic carbocycles. The highest BCUT2D eigenvalue weighted by molar-refractivity contribution is 7.19. The molecule has 1 aliphatic rings. The first-order valence-electron chi connectivity index (χ1n) is 8.80. The lowest BCUT2D eigenvalue weighted by molar-refractivity contribution is 0.0990. The quantitative estimate of drug-likeness (QED) is 0.339. The van der Waals surface area contributed by atoms with Crippen LogP contribution in [0, 0.1) is 6.92 Å². The fraction of sp³-hybridized carbons (Fsp3) is 0.143. The molecule has 0 N–H and O–H groups in total. The van der Waals surface area contributed by atoms with Gasteiger partial charge in [-0.25, -0.2) is 4.98 Å². The second-order valence-corrected chi connectivity index (χ2v) is 8.53. The molecule has 4 aromatic rings. The van der Waals surface area contributed by atoms with Gasteiger partial charge in [-0.1, -0.05) is 6.92 Å². The first-order chi connectivity index (χ1) is 13.5. The number of nitrogens with zero attached hydrogens (tertiary/aromatic N) is 2. The van der Waals surface area contributed by atoms with Crippen LogP contribution in [0.4, 0.5) is 0 Å². The van der Waals surface area contributed by atoms with Gasteiger partial charge in [0.05, 0.1) is 5.57 Å². The number of carbonyl (C=O) groups excluding carboxylic acids is 2. The molecular formula is C21H14N2O3S2. The van der Waals surface area contributed by atoms with Gasteiger partial charge in [0.15, 0.2) is 27.0 Å². The number of hydrogen-bond donors (Lipinski definition) is 0. The summed E-state index contributed by atoms with van der Waals surface area (Å²) in [5.41, 5.74) is 3.96. The van der Waals surface area contributed by atoms with Gasteiger partial charge >= 0.3 is 0 Å². The summed E-state index contributed by atoms with van der Waals surface area (Å²) in [5, 5.41) is 2.59. The average molecular weight is 406 g/mol. The van der Waals surface area contributed by atoms with Gasteiger partial charge in [0.2, 0.25) is 0 Å². The number of oxazole rings is 1. The Morgan fingerprint density at radius 2 is 1.93 bits per heavy atom. The molecule has 0 saturated heterocycles. The van der Waals surface area contributed by atoms with E-state index >= 15 is 0 Å². The predicted molar refractivity (Wildman–Crippen MR) is 110 cm³/mol. The monoisotopic (exact) mass is 406 g/mol. The summed E-state index contributed by atoms with van der Waals surface area (Å²) < 4.78 is 5.77. The SMILES string of the molecule is CCc1cc2c(cc1C)C(=O)/C(=C\c1cc3oc(-c4nccs4)nc3s1)C2=O. The number of benzene rings is 1. The first kappa shape index (κ1) is 17.2. The Morgan fingerprint density at radius 1 is 1.14 bits per heavy atom. The molecule has 3 heterocycles. The van der Waals surface area contributed by atoms with E-state index in [4.69, 9.17) is 4.42 Å². The highest BCUT2D eigenvalue weighted by Crippen LogP contribution is 2.35. The lowest BCUT2D eigenvalue weighted by atomic mass is 9.99. The van der Waals surface area contributed by atoms with E-state index in [1.807, 2.05) is 37.4 Å². The van der Waals surface area contributed by atoms with Crippen LogP contribution in [0.1, 0.15) is 43.6 Å². The highest BCUT2D eigenvalue weighted by Gasteiger charge is 2.34. The Hall–Kier alpha value is -2.90. The number of rotatable bonds is 3. The number of aromatic nitrogens is 2. The Bertz CT molecular complexity index is 1260. The van der Waals surface area contributed by atoms with Crippen molar-refractivity contribution in [3.63, 3.8) is 0 Å². The van der Waals surface area contributed by atoms with E-state index in [0.29, 0.717) is 22.6 Å². The van der Waals surface area contributed by atoms with Crippen LogP contribution in [0.3, 0.4) is 0 Å². The largest absolute Gasteiger partial charge is 0.433 e. The van der Waals surface area contributed by atoms with Crippen LogP contribution in [0.25, 0.3) is 27.4 Å². The molecule has 0 atom stereocenters. The zero-order valence-corrected chi connectivity index (χ0v) is 16.7. The van der Waals surface area contributed by atoms with Gasteiger partial charge in [0, 0.05) is 33.6 Å². The van der Waals surface area contributed by atoms with Crippen molar-refractivity contribution in [2.45, 2.75) is 20.3 Å². The van der Waals surface area contributed by atoms with E-state index in [1.54, 1.807) is 12.3 Å². The molecule has 138 valence electrons. The van der Waals surface area contributed by atoms with Gasteiger partial charge in [-0.05, 0) is 42.7 Å². The third kappa shape index (κ3) is 2.58. The standard InChI is InChI=1S/C21H14N2O3S2/c1-3-11-7-14-13(6-10(11)2)17(24)15(18(14)25)8-12-9-16-20(28-12)23-19(26-16)21-22-4-5-27-21/h4-9H,3H2,1-2H3/b15-8+. The lowest BCUT2D eigenvalue weighted by Crippen LogP contribution is -1.99. The minimum Gasteiger partial charge on any atom is -0.433 e. The van der Waals surface area contributed by atoms with Crippen LogP contribution < -0.4 is 0 Å². The van der Waals surface area contributed by atoms with Crippen LogP contribution in [0.5, 0.6) is 0 Å². The molecule has 0 radical (unpaired) electrons. The molecule has 0 amide bonds. The van der Waals surface area contributed by atoms with Gasteiger partial charge in [0.25, 0.3) is 5.89 Å². The van der Waals surface area contributed by atoms with E-state index in [0.717, 1.165) is 32.3 Å². The zero-order chi connectivity index (χ0) is 19.4. The van der Waals surface area contributed by atoms with E-state index in [9.17, 15) is 9.59 Å². The predicted octanol–water partition coefficient (Wildman–Crippen LogP) is 5.35. The van der Waals surface area contributed by atoms with Crippen molar-refractivity contribution in [1.29, 1.82) is 0 Å². The van der Waals surface area contributed by atoms with E-state index in [1.165, 1.54) is 22.7 Å². The van der Waals surface area contributed by atoms with Crippen molar-refractivity contribution < 1.29 is 14.0 Å². The number of ketones is 2. The van der Waals surface area contributed by atoms with Crippen LogP contribution in [-0.4, -0.2) is 21.5 Å². The summed E-state index contributed by atoms with van der Waals surface area (Å²) in [4.78, 5) is 35.8. The molecule has 7 heteroatoms. The van der Waals surface area contributed by atoms with E-state index in [-0.39, 0.29) is 17.1 Å². The molecule has 0 saturated carbocycles.